The van der Waals surface area contributed by atoms with Crippen molar-refractivity contribution in [3.05, 3.63) is 0 Å². The molecule has 0 unspecified atom stereocenters. The summed E-state index contributed by atoms with van der Waals surface area (Å²) in [5.74, 6) is 0. The number of hydrogen-bond acceptors (Lipinski definition) is 3. The van der Waals surface area contributed by atoms with E-state index in [1.807, 2.05) is 13.8 Å². The Hall–Kier alpha value is -0.410. The van der Waals surface area contributed by atoms with Gasteiger partial charge in [-0.2, -0.15) is 0 Å². The van der Waals surface area contributed by atoms with Gasteiger partial charge in [0.05, 0.1) is 18.8 Å². The molecule has 2 heterocycles. The molecule has 2 aliphatic heterocycles. The van der Waals surface area contributed by atoms with Gasteiger partial charge in [0.15, 0.2) is 0 Å². The van der Waals surface area contributed by atoms with Gasteiger partial charge in [0.1, 0.15) is 6.29 Å². The van der Waals surface area contributed by atoms with Crippen molar-refractivity contribution in [3.63, 3.8) is 0 Å². The standard InChI is InChI=1S/C9H15NO2/c1-8(2,5-11)10-3-9(4-10)6-12-7-9/h5H,3-4,6-7H2,1-2H3. The van der Waals surface area contributed by atoms with Gasteiger partial charge in [-0.15, -0.1) is 0 Å². The Morgan fingerprint density at radius 3 is 2.33 bits per heavy atom. The lowest BCUT2D eigenvalue weighted by atomic mass is 9.75. The van der Waals surface area contributed by atoms with E-state index in [1.54, 1.807) is 0 Å². The molecule has 3 nitrogen and oxygen atoms in total. The van der Waals surface area contributed by atoms with Gasteiger partial charge in [-0.3, -0.25) is 4.90 Å². The van der Waals surface area contributed by atoms with Crippen LogP contribution in [-0.4, -0.2) is 43.0 Å². The zero-order valence-corrected chi connectivity index (χ0v) is 7.67. The van der Waals surface area contributed by atoms with Gasteiger partial charge in [-0.25, -0.2) is 0 Å². The van der Waals surface area contributed by atoms with Crippen molar-refractivity contribution in [2.45, 2.75) is 19.4 Å². The maximum atomic E-state index is 10.7. The van der Waals surface area contributed by atoms with E-state index >= 15 is 0 Å². The average Bonchev–Trinajstić information content (AvgIpc) is 1.80. The highest BCUT2D eigenvalue weighted by Gasteiger charge is 2.52. The molecular formula is C9H15NO2. The fourth-order valence-corrected chi connectivity index (χ4v) is 1.82. The third-order valence-corrected chi connectivity index (χ3v) is 2.97. The van der Waals surface area contributed by atoms with Crippen LogP contribution < -0.4 is 0 Å². The third kappa shape index (κ3) is 1.00. The third-order valence-electron chi connectivity index (χ3n) is 2.97. The van der Waals surface area contributed by atoms with Crippen LogP contribution in [0, 0.1) is 5.41 Å². The number of likely N-dealkylation sites (tertiary alicyclic amines) is 1. The van der Waals surface area contributed by atoms with Gasteiger partial charge in [0, 0.05) is 18.5 Å². The number of ether oxygens (including phenoxy) is 1. The summed E-state index contributed by atoms with van der Waals surface area (Å²) in [7, 11) is 0. The van der Waals surface area contributed by atoms with Crippen LogP contribution in [-0.2, 0) is 9.53 Å². The molecule has 2 fully saturated rings. The molecule has 0 aromatic rings. The Labute approximate surface area is 72.7 Å². The molecule has 12 heavy (non-hydrogen) atoms. The maximum absolute atomic E-state index is 10.7. The molecule has 2 rings (SSSR count). The van der Waals surface area contributed by atoms with Crippen LogP contribution in [0.2, 0.25) is 0 Å². The predicted octanol–water partition coefficient (Wildman–Crippen LogP) is 0.296. The van der Waals surface area contributed by atoms with Gasteiger partial charge in [-0.1, -0.05) is 0 Å². The minimum atomic E-state index is -0.277. The molecule has 0 amide bonds. The molecule has 0 saturated carbocycles. The van der Waals surface area contributed by atoms with Crippen molar-refractivity contribution in [3.8, 4) is 0 Å². The van der Waals surface area contributed by atoms with Crippen molar-refractivity contribution in [2.75, 3.05) is 26.3 Å². The quantitative estimate of drug-likeness (QED) is 0.557. The van der Waals surface area contributed by atoms with E-state index in [0.29, 0.717) is 5.41 Å². The van der Waals surface area contributed by atoms with Crippen LogP contribution in [0.1, 0.15) is 13.8 Å². The Morgan fingerprint density at radius 2 is 2.00 bits per heavy atom. The Balaban J connectivity index is 1.91. The summed E-state index contributed by atoms with van der Waals surface area (Å²) >= 11 is 0. The number of carbonyl (C=O) groups excluding carboxylic acids is 1. The Kier molecular flexibility index (Phi) is 1.57. The predicted molar refractivity (Wildman–Crippen MR) is 45.0 cm³/mol. The van der Waals surface area contributed by atoms with Gasteiger partial charge >= 0.3 is 0 Å². The van der Waals surface area contributed by atoms with Crippen molar-refractivity contribution in [1.82, 2.24) is 4.90 Å². The smallest absolute Gasteiger partial charge is 0.139 e. The van der Waals surface area contributed by atoms with Gasteiger partial charge in [0.2, 0.25) is 0 Å². The number of rotatable bonds is 2. The second-order valence-corrected chi connectivity index (χ2v) is 4.62. The number of hydrogen-bond donors (Lipinski definition) is 0. The van der Waals surface area contributed by atoms with Gasteiger partial charge < -0.3 is 9.53 Å². The van der Waals surface area contributed by atoms with E-state index in [4.69, 9.17) is 4.74 Å². The van der Waals surface area contributed by atoms with E-state index in [2.05, 4.69) is 4.90 Å². The van der Waals surface area contributed by atoms with Crippen molar-refractivity contribution < 1.29 is 9.53 Å². The molecule has 1 spiro atoms. The number of nitrogens with zero attached hydrogens (tertiary/aromatic N) is 1. The van der Waals surface area contributed by atoms with Crippen LogP contribution in [0.5, 0.6) is 0 Å². The Morgan fingerprint density at radius 1 is 1.42 bits per heavy atom. The Bertz CT molecular complexity index is 201. The molecule has 0 atom stereocenters. The largest absolute Gasteiger partial charge is 0.380 e. The fraction of sp³-hybridized carbons (Fsp3) is 0.889. The van der Waals surface area contributed by atoms with Crippen molar-refractivity contribution in [2.24, 2.45) is 5.41 Å². The van der Waals surface area contributed by atoms with Crippen molar-refractivity contribution >= 4 is 6.29 Å². The molecule has 0 aromatic carbocycles. The summed E-state index contributed by atoms with van der Waals surface area (Å²) in [6, 6.07) is 0. The van der Waals surface area contributed by atoms with Crippen LogP contribution >= 0.6 is 0 Å². The molecule has 0 aromatic heterocycles. The molecule has 0 N–H and O–H groups in total. The summed E-state index contributed by atoms with van der Waals surface area (Å²) in [5.41, 5.74) is 0.140. The zero-order chi connectivity index (χ0) is 8.82. The second kappa shape index (κ2) is 2.30. The monoisotopic (exact) mass is 169 g/mol. The fourth-order valence-electron chi connectivity index (χ4n) is 1.82. The normalized spacial score (nSPS) is 27.8. The van der Waals surface area contributed by atoms with Crippen molar-refractivity contribution in [1.29, 1.82) is 0 Å². The lowest BCUT2D eigenvalue weighted by Crippen LogP contribution is -2.70. The minimum absolute atomic E-state index is 0.277. The number of carbonyl (C=O) groups is 1. The van der Waals surface area contributed by atoms with Crippen LogP contribution in [0.15, 0.2) is 0 Å². The van der Waals surface area contributed by atoms with Crippen LogP contribution in [0.25, 0.3) is 0 Å². The first-order valence-corrected chi connectivity index (χ1v) is 4.37. The first-order valence-electron chi connectivity index (χ1n) is 4.37. The topological polar surface area (TPSA) is 29.5 Å². The summed E-state index contributed by atoms with van der Waals surface area (Å²) in [6.07, 6.45) is 1.03. The SMILES string of the molecule is CC(C)(C=O)N1CC2(COC2)C1. The lowest BCUT2D eigenvalue weighted by Gasteiger charge is -2.58. The highest BCUT2D eigenvalue weighted by atomic mass is 16.5. The number of aldehydes is 1. The average molecular weight is 169 g/mol. The summed E-state index contributed by atoms with van der Waals surface area (Å²) in [5, 5.41) is 0. The zero-order valence-electron chi connectivity index (χ0n) is 7.67. The highest BCUT2D eigenvalue weighted by Crippen LogP contribution is 2.40. The first-order chi connectivity index (χ1) is 5.58. The second-order valence-electron chi connectivity index (χ2n) is 4.62. The van der Waals surface area contributed by atoms with Crippen LogP contribution in [0.4, 0.5) is 0 Å². The van der Waals surface area contributed by atoms with Crippen LogP contribution in [0.3, 0.4) is 0 Å². The van der Waals surface area contributed by atoms with E-state index in [-0.39, 0.29) is 5.54 Å². The highest BCUT2D eigenvalue weighted by molar-refractivity contribution is 5.63. The van der Waals surface area contributed by atoms with E-state index in [9.17, 15) is 4.79 Å². The summed E-state index contributed by atoms with van der Waals surface area (Å²) < 4.78 is 5.16. The summed E-state index contributed by atoms with van der Waals surface area (Å²) in [4.78, 5) is 12.9. The molecule has 2 aliphatic rings. The first kappa shape index (κ1) is 8.20. The van der Waals surface area contributed by atoms with E-state index in [0.717, 1.165) is 32.6 Å². The summed E-state index contributed by atoms with van der Waals surface area (Å²) in [6.45, 7) is 7.76. The minimum Gasteiger partial charge on any atom is -0.380 e. The molecule has 0 bridgehead atoms. The maximum Gasteiger partial charge on any atom is 0.139 e. The molecular weight excluding hydrogens is 154 g/mol. The van der Waals surface area contributed by atoms with E-state index in [1.165, 1.54) is 0 Å². The van der Waals surface area contributed by atoms with Gasteiger partial charge in [0.25, 0.3) is 0 Å². The molecule has 3 heteroatoms. The lowest BCUT2D eigenvalue weighted by molar-refractivity contribution is -0.206. The molecule has 2 saturated heterocycles. The van der Waals surface area contributed by atoms with Gasteiger partial charge in [-0.05, 0) is 13.8 Å². The molecule has 0 aliphatic carbocycles. The molecule has 0 radical (unpaired) electrons. The van der Waals surface area contributed by atoms with E-state index < -0.39 is 0 Å². The molecule has 68 valence electrons.